The lowest BCUT2D eigenvalue weighted by Crippen LogP contribution is -2.25. The van der Waals surface area contributed by atoms with Crippen molar-refractivity contribution in [2.75, 3.05) is 25.6 Å². The Labute approximate surface area is 130 Å². The van der Waals surface area contributed by atoms with E-state index in [1.807, 2.05) is 31.2 Å². The van der Waals surface area contributed by atoms with Crippen LogP contribution in [0.25, 0.3) is 0 Å². The monoisotopic (exact) mass is 299 g/mol. The molecule has 5 nitrogen and oxygen atoms in total. The number of amides is 1. The number of hydrogen-bond donors (Lipinski definition) is 2. The highest BCUT2D eigenvalue weighted by molar-refractivity contribution is 5.94. The number of nitrogens with one attached hydrogen (secondary N) is 2. The minimum Gasteiger partial charge on any atom is -0.385 e. The molecule has 1 amide bonds. The maximum atomic E-state index is 11.9. The van der Waals surface area contributed by atoms with Gasteiger partial charge in [-0.3, -0.25) is 4.79 Å². The number of carbonyl (C=O) groups is 1. The Morgan fingerprint density at radius 2 is 1.95 bits per heavy atom. The first kappa shape index (κ1) is 16.0. The fraction of sp³-hybridized carbons (Fsp3) is 0.294. The summed E-state index contributed by atoms with van der Waals surface area (Å²) in [6.45, 7) is 3.27. The number of benzene rings is 1. The third kappa shape index (κ3) is 4.86. The van der Waals surface area contributed by atoms with E-state index in [0.717, 1.165) is 12.1 Å². The Morgan fingerprint density at radius 3 is 2.59 bits per heavy atom. The minimum absolute atomic E-state index is 0.120. The molecule has 1 aromatic heterocycles. The number of rotatable bonds is 7. The Morgan fingerprint density at radius 1 is 1.18 bits per heavy atom. The first-order chi connectivity index (χ1) is 10.7. The summed E-state index contributed by atoms with van der Waals surface area (Å²) in [5.74, 6) is 0.588. The van der Waals surface area contributed by atoms with Gasteiger partial charge in [-0.05, 0) is 37.6 Å². The summed E-state index contributed by atoms with van der Waals surface area (Å²) >= 11 is 0. The summed E-state index contributed by atoms with van der Waals surface area (Å²) in [7, 11) is 1.64. The maximum absolute atomic E-state index is 11.9. The van der Waals surface area contributed by atoms with Crippen molar-refractivity contribution in [2.24, 2.45) is 0 Å². The molecular weight excluding hydrogens is 278 g/mol. The molecule has 1 heterocycles. The number of nitrogens with zero attached hydrogens (tertiary/aromatic N) is 1. The lowest BCUT2D eigenvalue weighted by Gasteiger charge is -2.07. The molecule has 0 aliphatic heterocycles. The van der Waals surface area contributed by atoms with Gasteiger partial charge in [0, 0.05) is 32.1 Å². The summed E-state index contributed by atoms with van der Waals surface area (Å²) in [5, 5.41) is 6.03. The molecule has 0 aliphatic carbocycles. The van der Waals surface area contributed by atoms with E-state index in [9.17, 15) is 4.79 Å². The van der Waals surface area contributed by atoms with Gasteiger partial charge in [0.25, 0.3) is 5.91 Å². The first-order valence-electron chi connectivity index (χ1n) is 7.26. The van der Waals surface area contributed by atoms with Gasteiger partial charge in [-0.15, -0.1) is 0 Å². The van der Waals surface area contributed by atoms with Crippen molar-refractivity contribution in [3.8, 4) is 0 Å². The average molecular weight is 299 g/mol. The number of ether oxygens (including phenoxy) is 1. The molecular formula is C17H21N3O2. The van der Waals surface area contributed by atoms with Gasteiger partial charge in [0.1, 0.15) is 5.82 Å². The van der Waals surface area contributed by atoms with Crippen LogP contribution >= 0.6 is 0 Å². The molecule has 0 fully saturated rings. The summed E-state index contributed by atoms with van der Waals surface area (Å²) in [5.41, 5.74) is 2.72. The summed E-state index contributed by atoms with van der Waals surface area (Å²) in [6, 6.07) is 11.6. The van der Waals surface area contributed by atoms with Crippen LogP contribution in [0.4, 0.5) is 11.5 Å². The van der Waals surface area contributed by atoms with Crippen LogP contribution in [0.2, 0.25) is 0 Å². The van der Waals surface area contributed by atoms with E-state index < -0.39 is 0 Å². The van der Waals surface area contributed by atoms with Crippen LogP contribution in [-0.4, -0.2) is 31.2 Å². The van der Waals surface area contributed by atoms with Gasteiger partial charge in [0.2, 0.25) is 0 Å². The van der Waals surface area contributed by atoms with Crippen LogP contribution < -0.4 is 10.6 Å². The average Bonchev–Trinajstić information content (AvgIpc) is 2.54. The Kier molecular flexibility index (Phi) is 5.91. The molecule has 0 radical (unpaired) electrons. The molecule has 0 aliphatic rings. The van der Waals surface area contributed by atoms with Crippen molar-refractivity contribution in [3.05, 3.63) is 53.7 Å². The normalized spacial score (nSPS) is 10.3. The molecule has 2 rings (SSSR count). The smallest absolute Gasteiger partial charge is 0.252 e. The van der Waals surface area contributed by atoms with Gasteiger partial charge in [-0.25, -0.2) is 4.98 Å². The van der Waals surface area contributed by atoms with E-state index in [0.29, 0.717) is 24.5 Å². The Hall–Kier alpha value is -2.40. The Bertz CT molecular complexity index is 594. The minimum atomic E-state index is -0.120. The number of pyridine rings is 1. The molecule has 0 saturated heterocycles. The molecule has 0 unspecified atom stereocenters. The predicted octanol–water partition coefficient (Wildman–Crippen LogP) is 2.90. The van der Waals surface area contributed by atoms with E-state index in [1.165, 1.54) is 5.56 Å². The number of aromatic nitrogens is 1. The summed E-state index contributed by atoms with van der Waals surface area (Å²) in [4.78, 5) is 16.2. The molecule has 116 valence electrons. The second kappa shape index (κ2) is 8.14. The fourth-order valence-electron chi connectivity index (χ4n) is 1.91. The maximum Gasteiger partial charge on any atom is 0.252 e. The fourth-order valence-corrected chi connectivity index (χ4v) is 1.91. The Balaban J connectivity index is 1.89. The van der Waals surface area contributed by atoms with Gasteiger partial charge >= 0.3 is 0 Å². The highest BCUT2D eigenvalue weighted by Gasteiger charge is 2.05. The number of aryl methyl sites for hydroxylation is 1. The lowest BCUT2D eigenvalue weighted by atomic mass is 10.2. The molecule has 5 heteroatoms. The summed E-state index contributed by atoms with van der Waals surface area (Å²) < 4.78 is 4.94. The number of anilines is 2. The highest BCUT2D eigenvalue weighted by Crippen LogP contribution is 2.15. The zero-order chi connectivity index (χ0) is 15.8. The van der Waals surface area contributed by atoms with E-state index in [1.54, 1.807) is 25.4 Å². The largest absolute Gasteiger partial charge is 0.385 e. The van der Waals surface area contributed by atoms with Crippen LogP contribution in [0.5, 0.6) is 0 Å². The highest BCUT2D eigenvalue weighted by atomic mass is 16.5. The third-order valence-corrected chi connectivity index (χ3v) is 3.16. The van der Waals surface area contributed by atoms with Gasteiger partial charge in [-0.1, -0.05) is 17.7 Å². The molecule has 22 heavy (non-hydrogen) atoms. The first-order valence-corrected chi connectivity index (χ1v) is 7.26. The van der Waals surface area contributed by atoms with Crippen molar-refractivity contribution >= 4 is 17.4 Å². The zero-order valence-electron chi connectivity index (χ0n) is 12.9. The van der Waals surface area contributed by atoms with Gasteiger partial charge in [0.05, 0.1) is 5.56 Å². The predicted molar refractivity (Wildman–Crippen MR) is 87.5 cm³/mol. The van der Waals surface area contributed by atoms with Crippen molar-refractivity contribution in [2.45, 2.75) is 13.3 Å². The standard InChI is InChI=1S/C17H21N3O2/c1-13-4-7-15(8-5-13)20-16-9-6-14(12-19-16)17(21)18-10-3-11-22-2/h4-9,12H,3,10-11H2,1-2H3,(H,18,21)(H,19,20). The zero-order valence-corrected chi connectivity index (χ0v) is 12.9. The molecule has 1 aromatic carbocycles. The van der Waals surface area contributed by atoms with Gasteiger partial charge in [0.15, 0.2) is 0 Å². The topological polar surface area (TPSA) is 63.2 Å². The van der Waals surface area contributed by atoms with Crippen LogP contribution in [0.1, 0.15) is 22.3 Å². The van der Waals surface area contributed by atoms with Gasteiger partial charge in [-0.2, -0.15) is 0 Å². The quantitative estimate of drug-likeness (QED) is 0.772. The molecule has 0 spiro atoms. The van der Waals surface area contributed by atoms with Crippen molar-refractivity contribution in [1.82, 2.24) is 10.3 Å². The second-order valence-corrected chi connectivity index (χ2v) is 5.03. The van der Waals surface area contributed by atoms with Crippen LogP contribution in [-0.2, 0) is 4.74 Å². The van der Waals surface area contributed by atoms with E-state index in [2.05, 4.69) is 15.6 Å². The second-order valence-electron chi connectivity index (χ2n) is 5.03. The molecule has 0 bridgehead atoms. The molecule has 0 saturated carbocycles. The number of carbonyl (C=O) groups excluding carboxylic acids is 1. The van der Waals surface area contributed by atoms with E-state index >= 15 is 0 Å². The van der Waals surface area contributed by atoms with Crippen molar-refractivity contribution in [3.63, 3.8) is 0 Å². The third-order valence-electron chi connectivity index (χ3n) is 3.16. The van der Waals surface area contributed by atoms with Crippen LogP contribution in [0, 0.1) is 6.92 Å². The van der Waals surface area contributed by atoms with Gasteiger partial charge < -0.3 is 15.4 Å². The van der Waals surface area contributed by atoms with Crippen molar-refractivity contribution in [1.29, 1.82) is 0 Å². The molecule has 2 N–H and O–H groups in total. The number of methoxy groups -OCH3 is 1. The molecule has 0 atom stereocenters. The van der Waals surface area contributed by atoms with E-state index in [-0.39, 0.29) is 5.91 Å². The van der Waals surface area contributed by atoms with E-state index in [4.69, 9.17) is 4.74 Å². The van der Waals surface area contributed by atoms with Crippen LogP contribution in [0.3, 0.4) is 0 Å². The lowest BCUT2D eigenvalue weighted by molar-refractivity contribution is 0.0948. The van der Waals surface area contributed by atoms with Crippen LogP contribution in [0.15, 0.2) is 42.6 Å². The summed E-state index contributed by atoms with van der Waals surface area (Å²) in [6.07, 6.45) is 2.37. The van der Waals surface area contributed by atoms with Crippen molar-refractivity contribution < 1.29 is 9.53 Å². The number of hydrogen-bond acceptors (Lipinski definition) is 4. The molecule has 2 aromatic rings. The SMILES string of the molecule is COCCCNC(=O)c1ccc(Nc2ccc(C)cc2)nc1.